The summed E-state index contributed by atoms with van der Waals surface area (Å²) in [6.45, 7) is 2.36. The van der Waals surface area contributed by atoms with E-state index >= 15 is 0 Å². The first-order valence-corrected chi connectivity index (χ1v) is 12.2. The molecule has 2 aromatic rings. The van der Waals surface area contributed by atoms with Crippen molar-refractivity contribution in [1.29, 1.82) is 0 Å². The smallest absolute Gasteiger partial charge is 0.294 e. The van der Waals surface area contributed by atoms with Gasteiger partial charge in [0.15, 0.2) is 11.5 Å². The van der Waals surface area contributed by atoms with Crippen molar-refractivity contribution in [3.05, 3.63) is 65.4 Å². The molecule has 0 spiro atoms. The summed E-state index contributed by atoms with van der Waals surface area (Å²) in [6.07, 6.45) is 1.44. The van der Waals surface area contributed by atoms with Crippen LogP contribution in [0.15, 0.2) is 64.8 Å². The van der Waals surface area contributed by atoms with Crippen LogP contribution in [0.1, 0.15) is 31.4 Å². The van der Waals surface area contributed by atoms with Gasteiger partial charge in [-0.2, -0.15) is 0 Å². The molecule has 0 saturated heterocycles. The van der Waals surface area contributed by atoms with E-state index in [1.165, 1.54) is 37.2 Å². The fourth-order valence-electron chi connectivity index (χ4n) is 3.92. The van der Waals surface area contributed by atoms with Crippen molar-refractivity contribution in [2.24, 2.45) is 5.92 Å². The maximum atomic E-state index is 13.2. The second-order valence-corrected chi connectivity index (χ2v) is 10.4. The first kappa shape index (κ1) is 23.0. The van der Waals surface area contributed by atoms with Gasteiger partial charge in [-0.25, -0.2) is 12.7 Å². The molecule has 1 saturated carbocycles. The van der Waals surface area contributed by atoms with Gasteiger partial charge in [-0.1, -0.05) is 18.2 Å². The Morgan fingerprint density at radius 1 is 1.15 bits per heavy atom. The largest absolute Gasteiger partial charge is 0.503 e. The summed E-state index contributed by atoms with van der Waals surface area (Å²) in [4.78, 5) is 27.6. The van der Waals surface area contributed by atoms with E-state index in [1.807, 2.05) is 6.92 Å². The molecule has 2 aromatic carbocycles. The summed E-state index contributed by atoms with van der Waals surface area (Å²) < 4.78 is 31.9. The van der Waals surface area contributed by atoms with Gasteiger partial charge in [0.25, 0.3) is 5.91 Å². The molecule has 33 heavy (non-hydrogen) atoms. The molecule has 4 rings (SSSR count). The van der Waals surface area contributed by atoms with Crippen LogP contribution in [0, 0.1) is 5.92 Å². The number of ketones is 1. The molecule has 1 fully saturated rings. The Bertz CT molecular complexity index is 1230. The molecule has 0 bridgehead atoms. The summed E-state index contributed by atoms with van der Waals surface area (Å²) in [5.74, 6) is -1.15. The average Bonchev–Trinajstić information content (AvgIpc) is 3.61. The number of aliphatic hydroxyl groups is 1. The number of hydrogen-bond donors (Lipinski definition) is 1. The summed E-state index contributed by atoms with van der Waals surface area (Å²) in [5.41, 5.74) is 0.931. The Morgan fingerprint density at radius 3 is 2.39 bits per heavy atom. The first-order valence-electron chi connectivity index (χ1n) is 10.7. The minimum Gasteiger partial charge on any atom is -0.503 e. The van der Waals surface area contributed by atoms with E-state index in [9.17, 15) is 23.1 Å². The maximum absolute atomic E-state index is 13.2. The van der Waals surface area contributed by atoms with Gasteiger partial charge < -0.3 is 9.84 Å². The highest BCUT2D eigenvalue weighted by Crippen LogP contribution is 2.45. The molecular formula is C24H26N2O6S. The second kappa shape index (κ2) is 8.64. The number of aliphatic hydroxyl groups excluding tert-OH is 1. The van der Waals surface area contributed by atoms with Gasteiger partial charge in [-0.15, -0.1) is 0 Å². The average molecular weight is 471 g/mol. The predicted molar refractivity (Wildman–Crippen MR) is 123 cm³/mol. The van der Waals surface area contributed by atoms with Crippen molar-refractivity contribution in [3.8, 4) is 5.75 Å². The Hall–Kier alpha value is -3.17. The molecule has 1 unspecified atom stereocenters. The number of ether oxygens (including phenoxy) is 1. The van der Waals surface area contributed by atoms with E-state index in [0.717, 1.165) is 17.1 Å². The van der Waals surface area contributed by atoms with Crippen molar-refractivity contribution in [2.75, 3.05) is 25.6 Å². The van der Waals surface area contributed by atoms with Crippen molar-refractivity contribution in [3.63, 3.8) is 0 Å². The highest BCUT2D eigenvalue weighted by atomic mass is 32.2. The molecule has 1 aliphatic carbocycles. The molecule has 1 atom stereocenters. The predicted octanol–water partition coefficient (Wildman–Crippen LogP) is 3.21. The fraction of sp³-hybridized carbons (Fsp3) is 0.333. The lowest BCUT2D eigenvalue weighted by Gasteiger charge is -2.27. The quantitative estimate of drug-likeness (QED) is 0.635. The summed E-state index contributed by atoms with van der Waals surface area (Å²) in [5, 5.41) is 10.7. The molecule has 0 radical (unpaired) electrons. The molecule has 174 valence electrons. The third-order valence-electron chi connectivity index (χ3n) is 5.80. The second-order valence-electron chi connectivity index (χ2n) is 8.27. The lowest BCUT2D eigenvalue weighted by molar-refractivity contribution is -0.118. The zero-order valence-corrected chi connectivity index (χ0v) is 19.5. The fourth-order valence-corrected chi connectivity index (χ4v) is 4.86. The van der Waals surface area contributed by atoms with Crippen LogP contribution in [0.5, 0.6) is 5.75 Å². The highest BCUT2D eigenvalue weighted by Gasteiger charge is 2.47. The van der Waals surface area contributed by atoms with E-state index in [1.54, 1.807) is 30.3 Å². The van der Waals surface area contributed by atoms with E-state index < -0.39 is 27.7 Å². The number of sulfonamides is 1. The van der Waals surface area contributed by atoms with Gasteiger partial charge in [-0.3, -0.25) is 14.5 Å². The van der Waals surface area contributed by atoms with Crippen LogP contribution >= 0.6 is 0 Å². The maximum Gasteiger partial charge on any atom is 0.294 e. The molecule has 1 aliphatic heterocycles. The topological polar surface area (TPSA) is 104 Å². The van der Waals surface area contributed by atoms with E-state index in [2.05, 4.69) is 0 Å². The van der Waals surface area contributed by atoms with Gasteiger partial charge in [0.1, 0.15) is 5.75 Å². The van der Waals surface area contributed by atoms with E-state index in [-0.39, 0.29) is 27.9 Å². The minimum atomic E-state index is -3.75. The first-order chi connectivity index (χ1) is 15.7. The molecular weight excluding hydrogens is 444 g/mol. The number of amides is 1. The van der Waals surface area contributed by atoms with Crippen molar-refractivity contribution >= 4 is 27.4 Å². The summed E-state index contributed by atoms with van der Waals surface area (Å²) in [7, 11) is -0.907. The van der Waals surface area contributed by atoms with Gasteiger partial charge in [0.05, 0.1) is 23.1 Å². The van der Waals surface area contributed by atoms with Crippen molar-refractivity contribution in [1.82, 2.24) is 4.31 Å². The number of anilines is 1. The molecule has 8 nitrogen and oxygen atoms in total. The van der Waals surface area contributed by atoms with Crippen LogP contribution < -0.4 is 9.64 Å². The molecule has 9 heteroatoms. The Balaban J connectivity index is 1.83. The van der Waals surface area contributed by atoms with Gasteiger partial charge in [0, 0.05) is 25.7 Å². The molecule has 1 N–H and O–H groups in total. The molecule has 0 aromatic heterocycles. The highest BCUT2D eigenvalue weighted by molar-refractivity contribution is 7.89. The Morgan fingerprint density at radius 2 is 1.82 bits per heavy atom. The van der Waals surface area contributed by atoms with Crippen LogP contribution in [0.3, 0.4) is 0 Å². The molecule has 2 aliphatic rings. The molecule has 1 amide bonds. The van der Waals surface area contributed by atoms with Crippen LogP contribution in [0.4, 0.5) is 5.69 Å². The number of Topliss-reactive ketones (excluding diaryl/α,β-unsaturated/α-hetero) is 1. The monoisotopic (exact) mass is 470 g/mol. The zero-order chi connectivity index (χ0) is 23.9. The standard InChI is InChI=1S/C24H26N2O6S/c1-4-32-18-12-10-15(11-13-18)21-20(22(27)16-8-9-16)23(28)24(29)26(21)17-6-5-7-19(14-17)33(30,31)25(2)3/h5-7,10-14,16,21,28H,4,8-9H2,1-3H3. The SMILES string of the molecule is CCOc1ccc(C2C(C(=O)C3CC3)=C(O)C(=O)N2c2cccc(S(=O)(=O)N(C)C)c2)cc1. The number of benzene rings is 2. The lowest BCUT2D eigenvalue weighted by atomic mass is 9.94. The van der Waals surface area contributed by atoms with Crippen LogP contribution in [0.25, 0.3) is 0 Å². The van der Waals surface area contributed by atoms with Gasteiger partial charge in [-0.05, 0) is 55.7 Å². The number of hydrogen-bond acceptors (Lipinski definition) is 6. The number of carbonyl (C=O) groups is 2. The minimum absolute atomic E-state index is 0.00435. The summed E-state index contributed by atoms with van der Waals surface area (Å²) in [6, 6.07) is 12.0. The van der Waals surface area contributed by atoms with E-state index in [4.69, 9.17) is 4.74 Å². The van der Waals surface area contributed by atoms with Crippen molar-refractivity contribution < 1.29 is 27.9 Å². The number of carbonyl (C=O) groups excluding carboxylic acids is 2. The molecule has 1 heterocycles. The summed E-state index contributed by atoms with van der Waals surface area (Å²) >= 11 is 0. The van der Waals surface area contributed by atoms with Crippen molar-refractivity contribution in [2.45, 2.75) is 30.7 Å². The Labute approximate surface area is 193 Å². The zero-order valence-electron chi connectivity index (χ0n) is 18.7. The number of rotatable bonds is 8. The third kappa shape index (κ3) is 4.14. The van der Waals surface area contributed by atoms with E-state index in [0.29, 0.717) is 17.9 Å². The Kier molecular flexibility index (Phi) is 6.02. The normalized spacial score (nSPS) is 18.8. The van der Waals surface area contributed by atoms with Gasteiger partial charge >= 0.3 is 0 Å². The van der Waals surface area contributed by atoms with Gasteiger partial charge in [0.2, 0.25) is 10.0 Å². The van der Waals surface area contributed by atoms with Crippen LogP contribution in [-0.2, 0) is 19.6 Å². The van der Waals surface area contributed by atoms with Crippen LogP contribution in [-0.4, -0.2) is 50.2 Å². The third-order valence-corrected chi connectivity index (χ3v) is 7.61. The van der Waals surface area contributed by atoms with Crippen LogP contribution in [0.2, 0.25) is 0 Å². The lowest BCUT2D eigenvalue weighted by Crippen LogP contribution is -2.31. The number of nitrogens with zero attached hydrogens (tertiary/aromatic N) is 2.